The molecular weight excluding hydrogens is 548 g/mol. The Bertz CT molecular complexity index is 1470. The largest absolute Gasteiger partial charge is 0.496 e. The molecule has 3 heterocycles. The molecule has 0 saturated carbocycles. The van der Waals surface area contributed by atoms with E-state index in [0.29, 0.717) is 68.9 Å². The number of anilines is 2. The van der Waals surface area contributed by atoms with Gasteiger partial charge in [0, 0.05) is 62.4 Å². The van der Waals surface area contributed by atoms with Crippen molar-refractivity contribution in [3.05, 3.63) is 83.9 Å². The molecule has 3 aliphatic heterocycles. The van der Waals surface area contributed by atoms with E-state index in [-0.39, 0.29) is 36.8 Å². The van der Waals surface area contributed by atoms with Crippen molar-refractivity contribution in [1.29, 1.82) is 0 Å². The van der Waals surface area contributed by atoms with E-state index in [1.807, 2.05) is 59.5 Å². The molecule has 0 spiro atoms. The first-order valence-electron chi connectivity index (χ1n) is 14.8. The lowest BCUT2D eigenvalue weighted by Crippen LogP contribution is -2.50. The molecule has 3 aliphatic rings. The summed E-state index contributed by atoms with van der Waals surface area (Å²) in [6.45, 7) is 2.51. The van der Waals surface area contributed by atoms with Crippen molar-refractivity contribution < 1.29 is 28.6 Å². The van der Waals surface area contributed by atoms with Crippen LogP contribution in [-0.4, -0.2) is 73.3 Å². The van der Waals surface area contributed by atoms with Crippen molar-refractivity contribution >= 4 is 29.4 Å². The molecule has 2 saturated heterocycles. The fourth-order valence-electron chi connectivity index (χ4n) is 6.03. The smallest absolute Gasteiger partial charge is 0.414 e. The highest BCUT2D eigenvalue weighted by atomic mass is 16.6. The molecule has 0 bridgehead atoms. The van der Waals surface area contributed by atoms with Crippen LogP contribution in [0.2, 0.25) is 0 Å². The van der Waals surface area contributed by atoms with Gasteiger partial charge in [0.1, 0.15) is 24.2 Å². The molecule has 10 heteroatoms. The number of benzene rings is 3. The minimum absolute atomic E-state index is 0.0356. The van der Waals surface area contributed by atoms with Gasteiger partial charge in [-0.25, -0.2) is 9.59 Å². The summed E-state index contributed by atoms with van der Waals surface area (Å²) in [5.41, 5.74) is 3.13. The van der Waals surface area contributed by atoms with Crippen LogP contribution in [-0.2, 0) is 11.3 Å². The average molecular weight is 585 g/mol. The first-order valence-corrected chi connectivity index (χ1v) is 14.8. The van der Waals surface area contributed by atoms with Crippen LogP contribution in [0.5, 0.6) is 11.5 Å². The van der Waals surface area contributed by atoms with E-state index in [2.05, 4.69) is 5.32 Å². The third-order valence-electron chi connectivity index (χ3n) is 8.38. The van der Waals surface area contributed by atoms with Crippen molar-refractivity contribution in [1.82, 2.24) is 9.80 Å². The molecule has 224 valence electrons. The number of carbonyl (C=O) groups is 3. The monoisotopic (exact) mass is 584 g/mol. The summed E-state index contributed by atoms with van der Waals surface area (Å²) in [6.07, 6.45) is 2.34. The highest BCUT2D eigenvalue weighted by Crippen LogP contribution is 2.33. The number of hydrogen-bond donors (Lipinski definition) is 1. The first-order chi connectivity index (χ1) is 21.0. The van der Waals surface area contributed by atoms with Gasteiger partial charge in [0.15, 0.2) is 0 Å². The molecule has 0 atom stereocenters. The molecule has 4 amide bonds. The van der Waals surface area contributed by atoms with Gasteiger partial charge in [-0.15, -0.1) is 0 Å². The number of likely N-dealkylation sites (tertiary alicyclic amines) is 2. The number of amides is 4. The summed E-state index contributed by atoms with van der Waals surface area (Å²) in [7, 11) is 1.55. The first kappa shape index (κ1) is 28.4. The summed E-state index contributed by atoms with van der Waals surface area (Å²) >= 11 is 0. The van der Waals surface area contributed by atoms with Gasteiger partial charge in [0.25, 0.3) is 5.91 Å². The number of cyclic esters (lactones) is 1. The van der Waals surface area contributed by atoms with E-state index in [0.717, 1.165) is 16.9 Å². The normalized spacial score (nSPS) is 17.6. The van der Waals surface area contributed by atoms with Crippen LogP contribution in [0, 0.1) is 0 Å². The number of rotatable bonds is 6. The summed E-state index contributed by atoms with van der Waals surface area (Å²) in [4.78, 5) is 44.1. The van der Waals surface area contributed by atoms with E-state index < -0.39 is 0 Å². The Labute approximate surface area is 251 Å². The lowest BCUT2D eigenvalue weighted by atomic mass is 10.00. The maximum absolute atomic E-state index is 13.5. The Kier molecular flexibility index (Phi) is 8.35. The topological polar surface area (TPSA) is 101 Å². The Morgan fingerprint density at radius 3 is 2.30 bits per heavy atom. The Morgan fingerprint density at radius 2 is 1.56 bits per heavy atom. The second-order valence-electron chi connectivity index (χ2n) is 11.0. The van der Waals surface area contributed by atoms with Crippen LogP contribution in [0.15, 0.2) is 72.8 Å². The zero-order valence-corrected chi connectivity index (χ0v) is 24.2. The number of hydrogen-bond acceptors (Lipinski definition) is 6. The molecule has 0 radical (unpaired) electrons. The molecule has 0 unspecified atom stereocenters. The number of methoxy groups -OCH3 is 1. The van der Waals surface area contributed by atoms with E-state index >= 15 is 0 Å². The average Bonchev–Trinajstić information content (AvgIpc) is 3.05. The molecule has 6 rings (SSSR count). The SMILES string of the molecule is COc1cc(OC2CCN(C(=O)Nc3ccccc3)CC2)ccc1C(=O)N1CCC(N2C(=O)OCc3ccccc32)CC1. The number of ether oxygens (including phenoxy) is 3. The number of nitrogens with one attached hydrogen (secondary N) is 1. The molecule has 3 aromatic rings. The quantitative estimate of drug-likeness (QED) is 0.409. The summed E-state index contributed by atoms with van der Waals surface area (Å²) in [5.74, 6) is 0.973. The van der Waals surface area contributed by atoms with Crippen molar-refractivity contribution in [3.63, 3.8) is 0 Å². The van der Waals surface area contributed by atoms with Crippen molar-refractivity contribution in [2.24, 2.45) is 0 Å². The van der Waals surface area contributed by atoms with Gasteiger partial charge in [-0.1, -0.05) is 36.4 Å². The zero-order valence-electron chi connectivity index (χ0n) is 24.2. The van der Waals surface area contributed by atoms with Crippen LogP contribution in [0.1, 0.15) is 41.6 Å². The van der Waals surface area contributed by atoms with E-state index in [9.17, 15) is 14.4 Å². The molecule has 0 aliphatic carbocycles. The summed E-state index contributed by atoms with van der Waals surface area (Å²) in [6, 6.07) is 22.4. The van der Waals surface area contributed by atoms with Crippen LogP contribution >= 0.6 is 0 Å². The van der Waals surface area contributed by atoms with Crippen molar-refractivity contribution in [3.8, 4) is 11.5 Å². The van der Waals surface area contributed by atoms with Crippen LogP contribution < -0.4 is 19.7 Å². The van der Waals surface area contributed by atoms with Gasteiger partial charge in [0.2, 0.25) is 0 Å². The highest BCUT2D eigenvalue weighted by molar-refractivity contribution is 5.97. The second kappa shape index (κ2) is 12.6. The predicted molar refractivity (Wildman–Crippen MR) is 162 cm³/mol. The fraction of sp³-hybridized carbons (Fsp3) is 0.364. The van der Waals surface area contributed by atoms with Crippen molar-refractivity contribution in [2.75, 3.05) is 43.5 Å². The predicted octanol–water partition coefficient (Wildman–Crippen LogP) is 5.53. The number of piperidine rings is 2. The van der Waals surface area contributed by atoms with Crippen LogP contribution in [0.25, 0.3) is 0 Å². The second-order valence-corrected chi connectivity index (χ2v) is 11.0. The maximum Gasteiger partial charge on any atom is 0.414 e. The Hall–Kier alpha value is -4.73. The third kappa shape index (κ3) is 6.23. The Balaban J connectivity index is 1.03. The molecule has 10 nitrogen and oxygen atoms in total. The Morgan fingerprint density at radius 1 is 0.860 bits per heavy atom. The van der Waals surface area contributed by atoms with E-state index in [4.69, 9.17) is 14.2 Å². The standard InChI is InChI=1S/C33H36N4O6/c1-41-30-21-27(43-26-15-19-36(20-16-26)32(39)34-24-8-3-2-4-9-24)11-12-28(30)31(38)35-17-13-25(14-18-35)37-29-10-6-5-7-23(29)22-42-33(37)40/h2-12,21,25-26H,13-20,22H2,1H3,(H,34,39). The number of fused-ring (bicyclic) bond motifs is 1. The van der Waals surface area contributed by atoms with E-state index in [1.54, 1.807) is 35.1 Å². The number of para-hydroxylation sites is 2. The van der Waals surface area contributed by atoms with E-state index in [1.165, 1.54) is 0 Å². The molecule has 0 aromatic heterocycles. The molecular formula is C33H36N4O6. The number of urea groups is 1. The van der Waals surface area contributed by atoms with Crippen LogP contribution in [0.3, 0.4) is 0 Å². The lowest BCUT2D eigenvalue weighted by molar-refractivity contribution is 0.0705. The molecule has 2 fully saturated rings. The lowest BCUT2D eigenvalue weighted by Gasteiger charge is -2.40. The number of nitrogens with zero attached hydrogens (tertiary/aromatic N) is 3. The minimum atomic E-state index is -0.332. The minimum Gasteiger partial charge on any atom is -0.496 e. The van der Waals surface area contributed by atoms with Crippen molar-refractivity contribution in [2.45, 2.75) is 44.4 Å². The highest BCUT2D eigenvalue weighted by Gasteiger charge is 2.35. The molecule has 43 heavy (non-hydrogen) atoms. The summed E-state index contributed by atoms with van der Waals surface area (Å²) < 4.78 is 17.2. The van der Waals surface area contributed by atoms with Gasteiger partial charge in [0.05, 0.1) is 18.4 Å². The van der Waals surface area contributed by atoms with Gasteiger partial charge in [-0.2, -0.15) is 0 Å². The van der Waals surface area contributed by atoms with Crippen LogP contribution in [0.4, 0.5) is 21.0 Å². The summed E-state index contributed by atoms with van der Waals surface area (Å²) in [5, 5.41) is 2.93. The number of carbonyl (C=O) groups excluding carboxylic acids is 3. The van der Waals surface area contributed by atoms with Gasteiger partial charge < -0.3 is 29.3 Å². The fourth-order valence-corrected chi connectivity index (χ4v) is 6.03. The van der Waals surface area contributed by atoms with Gasteiger partial charge in [-0.3, -0.25) is 9.69 Å². The molecule has 1 N–H and O–H groups in total. The zero-order chi connectivity index (χ0) is 29.8. The van der Waals surface area contributed by atoms with Gasteiger partial charge >= 0.3 is 12.1 Å². The third-order valence-corrected chi connectivity index (χ3v) is 8.38. The van der Waals surface area contributed by atoms with Gasteiger partial charge in [-0.05, 0) is 43.2 Å². The molecule has 3 aromatic carbocycles. The maximum atomic E-state index is 13.5.